The van der Waals surface area contributed by atoms with Gasteiger partial charge in [0.05, 0.1) is 6.61 Å². The maximum absolute atomic E-state index is 11.9. The number of hydrogen-bond donors (Lipinski definition) is 1. The maximum atomic E-state index is 11.9. The Hall–Kier alpha value is -1.91. The number of nitrogens with two attached hydrogens (primary N) is 1. The minimum atomic E-state index is -0.467. The van der Waals surface area contributed by atoms with Crippen molar-refractivity contribution in [3.63, 3.8) is 0 Å². The molecule has 0 aromatic heterocycles. The first-order chi connectivity index (χ1) is 11.8. The fourth-order valence-corrected chi connectivity index (χ4v) is 1.71. The molecule has 0 saturated carbocycles. The zero-order valence-electron chi connectivity index (χ0n) is 17.4. The van der Waals surface area contributed by atoms with Crippen LogP contribution in [0.15, 0.2) is 24.3 Å². The van der Waals surface area contributed by atoms with Crippen molar-refractivity contribution in [1.82, 2.24) is 4.90 Å². The summed E-state index contributed by atoms with van der Waals surface area (Å²) in [5.41, 5.74) is 5.85. The summed E-state index contributed by atoms with van der Waals surface area (Å²) in [6.07, 6.45) is 0.467. The van der Waals surface area contributed by atoms with Gasteiger partial charge in [-0.3, -0.25) is 0 Å². The third-order valence-corrected chi connectivity index (χ3v) is 2.75. The third-order valence-electron chi connectivity index (χ3n) is 2.75. The molecule has 0 aliphatic rings. The van der Waals surface area contributed by atoms with Gasteiger partial charge < -0.3 is 20.1 Å². The van der Waals surface area contributed by atoms with E-state index in [0.29, 0.717) is 25.4 Å². The van der Waals surface area contributed by atoms with Gasteiger partial charge in [0.25, 0.3) is 0 Å². The number of amides is 1. The van der Waals surface area contributed by atoms with E-state index in [1.807, 2.05) is 67.5 Å². The molecule has 2 N–H and O–H groups in total. The Kier molecular flexibility index (Phi) is 14.6. The van der Waals surface area contributed by atoms with Gasteiger partial charge in [-0.1, -0.05) is 27.7 Å². The van der Waals surface area contributed by atoms with E-state index >= 15 is 0 Å². The van der Waals surface area contributed by atoms with E-state index in [1.165, 1.54) is 0 Å². The summed E-state index contributed by atoms with van der Waals surface area (Å²) in [6, 6.07) is 7.27. The molecule has 5 nitrogen and oxygen atoms in total. The summed E-state index contributed by atoms with van der Waals surface area (Å²) in [7, 11) is 0. The zero-order chi connectivity index (χ0) is 19.9. The second kappa shape index (κ2) is 14.4. The summed E-state index contributed by atoms with van der Waals surface area (Å²) in [6.45, 7) is 17.3. The zero-order valence-corrected chi connectivity index (χ0v) is 17.4. The Morgan fingerprint density at radius 3 is 2.04 bits per heavy atom. The van der Waals surface area contributed by atoms with Gasteiger partial charge in [0.2, 0.25) is 0 Å². The molecule has 146 valence electrons. The number of carbonyl (C=O) groups is 1. The molecule has 0 radical (unpaired) electrons. The molecule has 1 amide bonds. The Morgan fingerprint density at radius 1 is 1.08 bits per heavy atom. The minimum Gasteiger partial charge on any atom is -0.494 e. The number of nitrogen functional groups attached to an aromatic ring is 1. The summed E-state index contributed by atoms with van der Waals surface area (Å²) in [4.78, 5) is 13.6. The molecule has 0 bridgehead atoms. The van der Waals surface area contributed by atoms with Gasteiger partial charge >= 0.3 is 6.09 Å². The topological polar surface area (TPSA) is 64.8 Å². The number of hydrogen-bond acceptors (Lipinski definition) is 4. The van der Waals surface area contributed by atoms with Gasteiger partial charge in [0.1, 0.15) is 11.4 Å². The number of anilines is 1. The predicted molar refractivity (Wildman–Crippen MR) is 107 cm³/mol. The van der Waals surface area contributed by atoms with Gasteiger partial charge in [0.15, 0.2) is 0 Å². The van der Waals surface area contributed by atoms with Crippen LogP contribution in [0.5, 0.6) is 5.75 Å². The number of benzene rings is 1. The Morgan fingerprint density at radius 2 is 1.60 bits per heavy atom. The van der Waals surface area contributed by atoms with E-state index < -0.39 is 5.60 Å². The van der Waals surface area contributed by atoms with E-state index in [4.69, 9.17) is 15.2 Å². The standard InChI is InChI=1S/C16H26N2O3.2C2H6/c1-5-18(15(19)21-16(2,3)4)11-6-12-20-14-9-7-13(17)8-10-14;2*1-2/h7-10H,5-6,11-12,17H2,1-4H3;2*1-2H3. The highest BCUT2D eigenvalue weighted by Crippen LogP contribution is 2.14. The average Bonchev–Trinajstić information content (AvgIpc) is 2.58. The molecule has 0 saturated heterocycles. The van der Waals surface area contributed by atoms with Crippen molar-refractivity contribution in [1.29, 1.82) is 0 Å². The maximum Gasteiger partial charge on any atom is 0.410 e. The first kappa shape index (κ1) is 25.3. The van der Waals surface area contributed by atoms with Gasteiger partial charge in [-0.15, -0.1) is 0 Å². The molecule has 0 aliphatic carbocycles. The first-order valence-corrected chi connectivity index (χ1v) is 9.28. The van der Waals surface area contributed by atoms with E-state index in [9.17, 15) is 4.79 Å². The van der Waals surface area contributed by atoms with E-state index in [2.05, 4.69) is 0 Å². The lowest BCUT2D eigenvalue weighted by atomic mass is 10.2. The molecule has 5 heteroatoms. The first-order valence-electron chi connectivity index (χ1n) is 9.28. The van der Waals surface area contributed by atoms with Gasteiger partial charge in [-0.25, -0.2) is 4.79 Å². The molecule has 0 fully saturated rings. The number of ether oxygens (including phenoxy) is 2. The fraction of sp³-hybridized carbons (Fsp3) is 0.650. The quantitative estimate of drug-likeness (QED) is 0.552. The lowest BCUT2D eigenvalue weighted by Gasteiger charge is -2.26. The molecule has 1 aromatic rings. The van der Waals surface area contributed by atoms with Gasteiger partial charge in [-0.2, -0.15) is 0 Å². The van der Waals surface area contributed by atoms with Gasteiger partial charge in [0, 0.05) is 18.8 Å². The van der Waals surface area contributed by atoms with Crippen LogP contribution in [0.1, 0.15) is 61.8 Å². The normalized spacial score (nSPS) is 9.76. The Balaban J connectivity index is 0. The average molecular weight is 355 g/mol. The minimum absolute atomic E-state index is 0.280. The van der Waals surface area contributed by atoms with Gasteiger partial charge in [-0.05, 0) is 58.4 Å². The van der Waals surface area contributed by atoms with Crippen LogP contribution in [0.25, 0.3) is 0 Å². The van der Waals surface area contributed by atoms with Crippen LogP contribution < -0.4 is 10.5 Å². The van der Waals surface area contributed by atoms with Crippen LogP contribution in [0.3, 0.4) is 0 Å². The third kappa shape index (κ3) is 13.1. The molecule has 25 heavy (non-hydrogen) atoms. The molecule has 0 heterocycles. The van der Waals surface area contributed by atoms with Crippen LogP contribution in [0.2, 0.25) is 0 Å². The summed E-state index contributed by atoms with van der Waals surface area (Å²) >= 11 is 0. The molecule has 0 aliphatic heterocycles. The van der Waals surface area contributed by atoms with Crippen molar-refractivity contribution < 1.29 is 14.3 Å². The van der Waals surface area contributed by atoms with Crippen LogP contribution in [0, 0.1) is 0 Å². The monoisotopic (exact) mass is 354 g/mol. The molecule has 1 aromatic carbocycles. The molecule has 0 unspecified atom stereocenters. The molecule has 0 spiro atoms. The smallest absolute Gasteiger partial charge is 0.410 e. The van der Waals surface area contributed by atoms with Crippen molar-refractivity contribution in [3.8, 4) is 5.75 Å². The highest BCUT2D eigenvalue weighted by atomic mass is 16.6. The van der Waals surface area contributed by atoms with Crippen molar-refractivity contribution in [3.05, 3.63) is 24.3 Å². The van der Waals surface area contributed by atoms with E-state index in [1.54, 1.807) is 17.0 Å². The lowest BCUT2D eigenvalue weighted by molar-refractivity contribution is 0.0252. The van der Waals surface area contributed by atoms with Crippen molar-refractivity contribution in [2.24, 2.45) is 0 Å². The molecular weight excluding hydrogens is 316 g/mol. The Bertz CT molecular complexity index is 439. The van der Waals surface area contributed by atoms with Crippen LogP contribution in [-0.2, 0) is 4.74 Å². The Labute approximate surface area is 154 Å². The largest absolute Gasteiger partial charge is 0.494 e. The summed E-state index contributed by atoms with van der Waals surface area (Å²) in [5.74, 6) is 0.782. The number of nitrogens with zero attached hydrogens (tertiary/aromatic N) is 1. The van der Waals surface area contributed by atoms with Crippen LogP contribution >= 0.6 is 0 Å². The highest BCUT2D eigenvalue weighted by Gasteiger charge is 2.20. The second-order valence-electron chi connectivity index (χ2n) is 5.83. The summed E-state index contributed by atoms with van der Waals surface area (Å²) in [5, 5.41) is 0. The second-order valence-corrected chi connectivity index (χ2v) is 5.83. The predicted octanol–water partition coefficient (Wildman–Crippen LogP) is 5.35. The SMILES string of the molecule is CC.CC.CCN(CCCOc1ccc(N)cc1)C(=O)OC(C)(C)C. The highest BCUT2D eigenvalue weighted by molar-refractivity contribution is 5.68. The molecule has 0 atom stereocenters. The number of carbonyl (C=O) groups excluding carboxylic acids is 1. The fourth-order valence-electron chi connectivity index (χ4n) is 1.71. The number of rotatable bonds is 6. The van der Waals surface area contributed by atoms with Crippen molar-refractivity contribution >= 4 is 11.8 Å². The van der Waals surface area contributed by atoms with E-state index in [0.717, 1.165) is 12.2 Å². The van der Waals surface area contributed by atoms with Crippen molar-refractivity contribution in [2.45, 2.75) is 67.4 Å². The lowest BCUT2D eigenvalue weighted by Crippen LogP contribution is -2.37. The summed E-state index contributed by atoms with van der Waals surface area (Å²) < 4.78 is 11.0. The molecule has 1 rings (SSSR count). The van der Waals surface area contributed by atoms with Crippen LogP contribution in [0.4, 0.5) is 10.5 Å². The van der Waals surface area contributed by atoms with Crippen molar-refractivity contribution in [2.75, 3.05) is 25.4 Å². The van der Waals surface area contributed by atoms with Crippen LogP contribution in [-0.4, -0.2) is 36.3 Å². The van der Waals surface area contributed by atoms with E-state index in [-0.39, 0.29) is 6.09 Å². The molecular formula is C20H38N2O3.